The molecule has 1 aliphatic rings. The fourth-order valence-electron chi connectivity index (χ4n) is 2.53. The molecule has 5 nitrogen and oxygen atoms in total. The Labute approximate surface area is 162 Å². The van der Waals surface area contributed by atoms with E-state index in [1.165, 1.54) is 0 Å². The van der Waals surface area contributed by atoms with Gasteiger partial charge in [-0.2, -0.15) is 0 Å². The number of allylic oxidation sites excluding steroid dienone is 1. The van der Waals surface area contributed by atoms with E-state index < -0.39 is 0 Å². The highest BCUT2D eigenvalue weighted by molar-refractivity contribution is 14.0. The van der Waals surface area contributed by atoms with E-state index in [2.05, 4.69) is 27.9 Å². The molecule has 0 spiro atoms. The number of nitrogens with one attached hydrogen (secondary N) is 1. The second kappa shape index (κ2) is 11.2. The van der Waals surface area contributed by atoms with Gasteiger partial charge in [0.05, 0.1) is 13.2 Å². The number of rotatable bonds is 6. The minimum absolute atomic E-state index is 0. The second-order valence-electron chi connectivity index (χ2n) is 5.55. The minimum Gasteiger partial charge on any atom is -0.490 e. The van der Waals surface area contributed by atoms with Crippen LogP contribution in [-0.2, 0) is 6.54 Å². The Bertz CT molecular complexity index is 549. The van der Waals surface area contributed by atoms with Gasteiger partial charge in [0.25, 0.3) is 0 Å². The van der Waals surface area contributed by atoms with Crippen LogP contribution < -0.4 is 14.8 Å². The summed E-state index contributed by atoms with van der Waals surface area (Å²) in [6.07, 6.45) is 4.94. The molecule has 0 atom stereocenters. The lowest BCUT2D eigenvalue weighted by atomic mass is 10.2. The third kappa shape index (κ3) is 5.89. The third-order valence-corrected chi connectivity index (χ3v) is 3.77. The highest BCUT2D eigenvalue weighted by Crippen LogP contribution is 2.33. The van der Waals surface area contributed by atoms with Gasteiger partial charge in [0.15, 0.2) is 17.5 Å². The molecule has 0 unspecified atom stereocenters. The van der Waals surface area contributed by atoms with Crippen molar-refractivity contribution in [2.75, 3.05) is 33.9 Å². The van der Waals surface area contributed by atoms with Crippen LogP contribution in [0.4, 0.5) is 0 Å². The molecule has 2 rings (SSSR count). The molecule has 1 heterocycles. The number of halogens is 1. The zero-order valence-corrected chi connectivity index (χ0v) is 16.9. The number of fused-ring (bicyclic) bond motifs is 1. The van der Waals surface area contributed by atoms with Gasteiger partial charge in [0.2, 0.25) is 0 Å². The Morgan fingerprint density at radius 2 is 2.17 bits per heavy atom. The van der Waals surface area contributed by atoms with Gasteiger partial charge in [-0.1, -0.05) is 18.2 Å². The van der Waals surface area contributed by atoms with Crippen molar-refractivity contribution in [1.29, 1.82) is 0 Å². The number of guanidine groups is 1. The topological polar surface area (TPSA) is 46.1 Å². The van der Waals surface area contributed by atoms with Gasteiger partial charge >= 0.3 is 0 Å². The van der Waals surface area contributed by atoms with Gasteiger partial charge in [-0.25, -0.2) is 0 Å². The quantitative estimate of drug-likeness (QED) is 0.240. The fraction of sp³-hybridized carbons (Fsp3) is 0.500. The molecule has 0 saturated carbocycles. The molecule has 1 N–H and O–H groups in total. The van der Waals surface area contributed by atoms with Crippen LogP contribution in [0.5, 0.6) is 11.5 Å². The van der Waals surface area contributed by atoms with E-state index >= 15 is 0 Å². The first-order chi connectivity index (χ1) is 11.3. The fourth-order valence-corrected chi connectivity index (χ4v) is 2.53. The molecule has 1 aromatic carbocycles. The SMILES string of the molecule is C=CCCCN(C)C(=NC)NCc1cccc2c1OCCCO2.I. The number of nitrogens with zero attached hydrogens (tertiary/aromatic N) is 2. The van der Waals surface area contributed by atoms with Crippen LogP contribution in [0.1, 0.15) is 24.8 Å². The van der Waals surface area contributed by atoms with Crippen molar-refractivity contribution in [3.8, 4) is 11.5 Å². The maximum absolute atomic E-state index is 5.86. The Morgan fingerprint density at radius 3 is 2.92 bits per heavy atom. The Kier molecular flexibility index (Phi) is 9.59. The molecule has 1 aliphatic heterocycles. The molecule has 0 saturated heterocycles. The number of benzene rings is 1. The summed E-state index contributed by atoms with van der Waals surface area (Å²) in [6.45, 7) is 6.76. The van der Waals surface area contributed by atoms with Crippen molar-refractivity contribution in [3.05, 3.63) is 36.4 Å². The molecule has 134 valence electrons. The minimum atomic E-state index is 0. The zero-order chi connectivity index (χ0) is 16.5. The summed E-state index contributed by atoms with van der Waals surface area (Å²) in [5.41, 5.74) is 1.09. The zero-order valence-electron chi connectivity index (χ0n) is 14.6. The number of hydrogen-bond donors (Lipinski definition) is 1. The third-order valence-electron chi connectivity index (χ3n) is 3.77. The normalized spacial score (nSPS) is 13.5. The van der Waals surface area contributed by atoms with E-state index in [1.54, 1.807) is 7.05 Å². The lowest BCUT2D eigenvalue weighted by Crippen LogP contribution is -2.39. The highest BCUT2D eigenvalue weighted by Gasteiger charge is 2.15. The predicted octanol–water partition coefficient (Wildman–Crippen LogP) is 3.44. The summed E-state index contributed by atoms with van der Waals surface area (Å²) in [5, 5.41) is 3.40. The van der Waals surface area contributed by atoms with E-state index in [1.807, 2.05) is 25.3 Å². The van der Waals surface area contributed by atoms with Crippen LogP contribution in [0.2, 0.25) is 0 Å². The lowest BCUT2D eigenvalue weighted by Gasteiger charge is -2.22. The molecule has 0 aliphatic carbocycles. The lowest BCUT2D eigenvalue weighted by molar-refractivity contribution is 0.296. The summed E-state index contributed by atoms with van der Waals surface area (Å²) < 4.78 is 11.6. The first kappa shape index (κ1) is 20.6. The number of unbranched alkanes of at least 4 members (excludes halogenated alkanes) is 1. The van der Waals surface area contributed by atoms with Crippen molar-refractivity contribution in [2.45, 2.75) is 25.8 Å². The molecular weight excluding hydrogens is 417 g/mol. The maximum Gasteiger partial charge on any atom is 0.193 e. The molecule has 0 bridgehead atoms. The number of aliphatic imine (C=N–C) groups is 1. The first-order valence-corrected chi connectivity index (χ1v) is 8.16. The molecule has 0 aromatic heterocycles. The van der Waals surface area contributed by atoms with Gasteiger partial charge in [-0.05, 0) is 18.9 Å². The molecular formula is C18H28IN3O2. The van der Waals surface area contributed by atoms with Crippen molar-refractivity contribution in [1.82, 2.24) is 10.2 Å². The van der Waals surface area contributed by atoms with Gasteiger partial charge in [-0.15, -0.1) is 30.6 Å². The van der Waals surface area contributed by atoms with Crippen molar-refractivity contribution in [3.63, 3.8) is 0 Å². The second-order valence-corrected chi connectivity index (χ2v) is 5.55. The van der Waals surface area contributed by atoms with Crippen molar-refractivity contribution < 1.29 is 9.47 Å². The van der Waals surface area contributed by atoms with Crippen LogP contribution >= 0.6 is 24.0 Å². The van der Waals surface area contributed by atoms with E-state index in [0.717, 1.165) is 48.8 Å². The van der Waals surface area contributed by atoms with Crippen LogP contribution in [0, 0.1) is 0 Å². The van der Waals surface area contributed by atoms with Crippen LogP contribution in [-0.4, -0.2) is 44.7 Å². The van der Waals surface area contributed by atoms with Crippen molar-refractivity contribution >= 4 is 29.9 Å². The summed E-state index contributed by atoms with van der Waals surface area (Å²) in [5.74, 6) is 2.56. The standard InChI is InChI=1S/C18H27N3O2.HI/c1-4-5-6-11-21(3)18(19-2)20-14-15-9-7-10-16-17(15)23-13-8-12-22-16;/h4,7,9-10H,1,5-6,8,11-14H2,2-3H3,(H,19,20);1H. The van der Waals surface area contributed by atoms with E-state index in [-0.39, 0.29) is 24.0 Å². The van der Waals surface area contributed by atoms with Gasteiger partial charge in [-0.3, -0.25) is 4.99 Å². The molecule has 6 heteroatoms. The Morgan fingerprint density at radius 1 is 1.38 bits per heavy atom. The van der Waals surface area contributed by atoms with Gasteiger partial charge < -0.3 is 19.7 Å². The molecule has 0 fully saturated rings. The van der Waals surface area contributed by atoms with Crippen molar-refractivity contribution in [2.24, 2.45) is 4.99 Å². The molecule has 1 aromatic rings. The van der Waals surface area contributed by atoms with E-state index in [9.17, 15) is 0 Å². The maximum atomic E-state index is 5.86. The highest BCUT2D eigenvalue weighted by atomic mass is 127. The number of para-hydroxylation sites is 1. The average Bonchev–Trinajstić information content (AvgIpc) is 2.81. The first-order valence-electron chi connectivity index (χ1n) is 8.16. The van der Waals surface area contributed by atoms with Gasteiger partial charge in [0, 0.05) is 39.2 Å². The van der Waals surface area contributed by atoms with E-state index in [0.29, 0.717) is 19.8 Å². The van der Waals surface area contributed by atoms with Gasteiger partial charge in [0.1, 0.15) is 0 Å². The summed E-state index contributed by atoms with van der Waals surface area (Å²) >= 11 is 0. The summed E-state index contributed by atoms with van der Waals surface area (Å²) in [7, 11) is 3.85. The summed E-state index contributed by atoms with van der Waals surface area (Å²) in [4.78, 5) is 6.47. The Balaban J connectivity index is 0.00000288. The number of ether oxygens (including phenoxy) is 2. The molecule has 0 radical (unpaired) electrons. The largest absolute Gasteiger partial charge is 0.490 e. The predicted molar refractivity (Wildman–Crippen MR) is 110 cm³/mol. The number of hydrogen-bond acceptors (Lipinski definition) is 3. The average molecular weight is 445 g/mol. The molecule has 24 heavy (non-hydrogen) atoms. The monoisotopic (exact) mass is 445 g/mol. The van der Waals surface area contributed by atoms with Crippen LogP contribution in [0.3, 0.4) is 0 Å². The van der Waals surface area contributed by atoms with Crippen LogP contribution in [0.25, 0.3) is 0 Å². The Hall–Kier alpha value is -1.44. The molecule has 0 amide bonds. The smallest absolute Gasteiger partial charge is 0.193 e. The summed E-state index contributed by atoms with van der Waals surface area (Å²) in [6, 6.07) is 6.02. The van der Waals surface area contributed by atoms with E-state index in [4.69, 9.17) is 9.47 Å². The van der Waals surface area contributed by atoms with Crippen LogP contribution in [0.15, 0.2) is 35.8 Å².